The summed E-state index contributed by atoms with van der Waals surface area (Å²) in [5.41, 5.74) is 2.62. The van der Waals surface area contributed by atoms with Gasteiger partial charge in [0.2, 0.25) is 0 Å². The molecule has 6 heteroatoms. The van der Waals surface area contributed by atoms with Crippen LogP contribution < -0.4 is 5.32 Å². The average molecular weight is 401 g/mol. The molecule has 27 heavy (non-hydrogen) atoms. The molecule has 1 heterocycles. The van der Waals surface area contributed by atoms with E-state index in [1.54, 1.807) is 24.3 Å². The number of ketones is 2. The Kier molecular flexibility index (Phi) is 5.50. The van der Waals surface area contributed by atoms with Gasteiger partial charge in [-0.1, -0.05) is 44.1 Å². The third kappa shape index (κ3) is 4.12. The van der Waals surface area contributed by atoms with Crippen LogP contribution in [0, 0.1) is 22.7 Å². The van der Waals surface area contributed by atoms with Crippen LogP contribution in [0.1, 0.15) is 44.0 Å². The van der Waals surface area contributed by atoms with Gasteiger partial charge in [-0.15, -0.1) is 0 Å². The summed E-state index contributed by atoms with van der Waals surface area (Å²) in [4.78, 5) is 25.0. The smallest absolute Gasteiger partial charge is 0.173 e. The molecule has 0 amide bonds. The van der Waals surface area contributed by atoms with E-state index in [9.17, 15) is 14.9 Å². The summed E-state index contributed by atoms with van der Waals surface area (Å²) < 4.78 is 0. The third-order valence-electron chi connectivity index (χ3n) is 4.93. The van der Waals surface area contributed by atoms with Crippen LogP contribution in [0.2, 0.25) is 5.02 Å². The predicted molar refractivity (Wildman–Crippen MR) is 108 cm³/mol. The number of carbonyl (C=O) groups excluding carboxylic acids is 2. The Bertz CT molecular complexity index is 907. The molecule has 0 radical (unpaired) electrons. The Hall–Kier alpha value is -2.03. The number of halogens is 1. The van der Waals surface area contributed by atoms with Gasteiger partial charge < -0.3 is 5.32 Å². The summed E-state index contributed by atoms with van der Waals surface area (Å²) in [6.07, 6.45) is 1.25. The molecular formula is C21H21ClN2O2S. The number of rotatable bonds is 4. The van der Waals surface area contributed by atoms with Gasteiger partial charge in [0.1, 0.15) is 0 Å². The molecule has 0 saturated carbocycles. The van der Waals surface area contributed by atoms with E-state index in [4.69, 9.17) is 11.6 Å². The van der Waals surface area contributed by atoms with Crippen LogP contribution in [0.15, 0.2) is 46.1 Å². The van der Waals surface area contributed by atoms with Crippen molar-refractivity contribution in [2.45, 2.75) is 33.6 Å². The molecule has 1 N–H and O–H groups in total. The summed E-state index contributed by atoms with van der Waals surface area (Å²) in [5.74, 6) is 0.0379. The molecule has 1 aromatic rings. The molecule has 4 nitrogen and oxygen atoms in total. The minimum absolute atomic E-state index is 0.0317. The lowest BCUT2D eigenvalue weighted by Gasteiger charge is -2.37. The Morgan fingerprint density at radius 1 is 1.33 bits per heavy atom. The van der Waals surface area contributed by atoms with E-state index in [0.717, 1.165) is 17.7 Å². The van der Waals surface area contributed by atoms with Crippen molar-refractivity contribution >= 4 is 34.9 Å². The van der Waals surface area contributed by atoms with Crippen molar-refractivity contribution < 1.29 is 9.59 Å². The highest BCUT2D eigenvalue weighted by molar-refractivity contribution is 8.03. The van der Waals surface area contributed by atoms with Gasteiger partial charge in [-0.2, -0.15) is 5.26 Å². The minimum atomic E-state index is -0.247. The number of hydrogen-bond acceptors (Lipinski definition) is 5. The van der Waals surface area contributed by atoms with Gasteiger partial charge in [0, 0.05) is 34.2 Å². The lowest BCUT2D eigenvalue weighted by molar-refractivity contribution is -0.118. The quantitative estimate of drug-likeness (QED) is 0.730. The summed E-state index contributed by atoms with van der Waals surface area (Å²) >= 11 is 7.18. The SMILES string of the molecule is C[C@H]1C(C#N)=C(SCC(=O)c2ccc(Cl)cc2)NC2=C1C(=O)CC(C)(C)C2. The first-order valence-corrected chi connectivity index (χ1v) is 10.2. The van der Waals surface area contributed by atoms with Crippen LogP contribution in [0.3, 0.4) is 0 Å². The Morgan fingerprint density at radius 3 is 2.63 bits per heavy atom. The molecule has 140 valence electrons. The molecule has 0 unspecified atom stereocenters. The second-order valence-corrected chi connectivity index (χ2v) is 9.18. The van der Waals surface area contributed by atoms with E-state index in [2.05, 4.69) is 25.2 Å². The second kappa shape index (κ2) is 7.53. The van der Waals surface area contributed by atoms with Crippen molar-refractivity contribution in [1.82, 2.24) is 5.32 Å². The van der Waals surface area contributed by atoms with Gasteiger partial charge in [-0.05, 0) is 36.1 Å². The first-order chi connectivity index (χ1) is 12.7. The minimum Gasteiger partial charge on any atom is -0.352 e. The zero-order valence-electron chi connectivity index (χ0n) is 15.6. The highest BCUT2D eigenvalue weighted by Crippen LogP contribution is 2.43. The first-order valence-electron chi connectivity index (χ1n) is 8.81. The van der Waals surface area contributed by atoms with Crippen molar-refractivity contribution in [3.63, 3.8) is 0 Å². The molecule has 1 aliphatic carbocycles. The van der Waals surface area contributed by atoms with Gasteiger partial charge in [0.05, 0.1) is 22.4 Å². The lowest BCUT2D eigenvalue weighted by Crippen LogP contribution is -2.36. The Morgan fingerprint density at radius 2 is 2.00 bits per heavy atom. The molecule has 0 aromatic heterocycles. The molecule has 2 aliphatic rings. The number of carbonyl (C=O) groups is 2. The summed E-state index contributed by atoms with van der Waals surface area (Å²) in [6.45, 7) is 6.04. The van der Waals surface area contributed by atoms with E-state index < -0.39 is 0 Å². The summed E-state index contributed by atoms with van der Waals surface area (Å²) in [6, 6.07) is 9.00. The molecule has 3 rings (SSSR count). The van der Waals surface area contributed by atoms with Crippen molar-refractivity contribution in [2.24, 2.45) is 11.3 Å². The zero-order chi connectivity index (χ0) is 19.8. The maximum atomic E-state index is 12.6. The average Bonchev–Trinajstić information content (AvgIpc) is 2.58. The topological polar surface area (TPSA) is 70.0 Å². The fourth-order valence-electron chi connectivity index (χ4n) is 3.61. The van der Waals surface area contributed by atoms with Gasteiger partial charge >= 0.3 is 0 Å². The van der Waals surface area contributed by atoms with Crippen LogP contribution >= 0.6 is 23.4 Å². The lowest BCUT2D eigenvalue weighted by atomic mass is 9.71. The summed E-state index contributed by atoms with van der Waals surface area (Å²) in [5, 5.41) is 14.2. The van der Waals surface area contributed by atoms with Gasteiger partial charge in [0.25, 0.3) is 0 Å². The summed E-state index contributed by atoms with van der Waals surface area (Å²) in [7, 11) is 0. The maximum absolute atomic E-state index is 12.6. The second-order valence-electron chi connectivity index (χ2n) is 7.75. The van der Waals surface area contributed by atoms with Crippen LogP contribution in [0.5, 0.6) is 0 Å². The molecule has 0 spiro atoms. The number of nitrogens with one attached hydrogen (secondary N) is 1. The monoisotopic (exact) mass is 400 g/mol. The molecule has 1 atom stereocenters. The number of benzene rings is 1. The highest BCUT2D eigenvalue weighted by Gasteiger charge is 2.39. The highest BCUT2D eigenvalue weighted by atomic mass is 35.5. The van der Waals surface area contributed by atoms with E-state index in [1.807, 2.05) is 6.92 Å². The standard InChI is InChI=1S/C21H21ClN2O2S/c1-12-15(10-23)20(24-16-8-21(2,3)9-17(25)19(12)16)27-11-18(26)13-4-6-14(22)7-5-13/h4-7,12,24H,8-9,11H2,1-3H3/t12-/m0/s1. The van der Waals surface area contributed by atoms with E-state index in [0.29, 0.717) is 27.6 Å². The van der Waals surface area contributed by atoms with Crippen molar-refractivity contribution in [2.75, 3.05) is 5.75 Å². The van der Waals surface area contributed by atoms with Crippen molar-refractivity contribution in [3.05, 3.63) is 56.7 Å². The van der Waals surface area contributed by atoms with E-state index >= 15 is 0 Å². The molecule has 0 saturated heterocycles. The van der Waals surface area contributed by atoms with Crippen molar-refractivity contribution in [3.8, 4) is 6.07 Å². The number of nitrogens with zero attached hydrogens (tertiary/aromatic N) is 1. The van der Waals surface area contributed by atoms with Crippen LogP contribution in [0.4, 0.5) is 0 Å². The number of hydrogen-bond donors (Lipinski definition) is 1. The maximum Gasteiger partial charge on any atom is 0.173 e. The molecule has 1 aromatic carbocycles. The van der Waals surface area contributed by atoms with Crippen LogP contribution in [-0.2, 0) is 4.79 Å². The number of thioether (sulfide) groups is 1. The van der Waals surface area contributed by atoms with E-state index in [-0.39, 0.29) is 28.7 Å². The fraction of sp³-hybridized carbons (Fsp3) is 0.381. The van der Waals surface area contributed by atoms with Gasteiger partial charge in [-0.3, -0.25) is 9.59 Å². The number of nitriles is 1. The largest absolute Gasteiger partial charge is 0.352 e. The Labute approximate surface area is 168 Å². The first kappa shape index (κ1) is 19.7. The van der Waals surface area contributed by atoms with E-state index in [1.165, 1.54) is 11.8 Å². The third-order valence-corrected chi connectivity index (χ3v) is 6.20. The normalized spacial score (nSPS) is 21.4. The number of allylic oxidation sites excluding steroid dienone is 3. The predicted octanol–water partition coefficient (Wildman–Crippen LogP) is 4.87. The van der Waals surface area contributed by atoms with Gasteiger partial charge in [-0.25, -0.2) is 0 Å². The molecule has 1 aliphatic heterocycles. The Balaban J connectivity index is 1.80. The van der Waals surface area contributed by atoms with Crippen molar-refractivity contribution in [1.29, 1.82) is 5.26 Å². The molecule has 0 fully saturated rings. The van der Waals surface area contributed by atoms with Crippen LogP contribution in [0.25, 0.3) is 0 Å². The van der Waals surface area contributed by atoms with Crippen LogP contribution in [-0.4, -0.2) is 17.3 Å². The molecule has 0 bridgehead atoms. The van der Waals surface area contributed by atoms with Gasteiger partial charge in [0.15, 0.2) is 11.6 Å². The number of Topliss-reactive ketones (excluding diaryl/α,β-unsaturated/α-hetero) is 2. The number of dihydropyridines is 1. The fourth-order valence-corrected chi connectivity index (χ4v) is 4.75. The molecular weight excluding hydrogens is 380 g/mol. The zero-order valence-corrected chi connectivity index (χ0v) is 17.1.